The molecule has 2 saturated heterocycles. The van der Waals surface area contributed by atoms with Gasteiger partial charge in [-0.1, -0.05) is 0 Å². The maximum atomic E-state index is 13.3. The zero-order chi connectivity index (χ0) is 17.3. The maximum absolute atomic E-state index is 13.3. The van der Waals surface area contributed by atoms with Crippen LogP contribution in [0.25, 0.3) is 0 Å². The predicted molar refractivity (Wildman–Crippen MR) is 91.0 cm³/mol. The van der Waals surface area contributed by atoms with Crippen molar-refractivity contribution in [2.75, 3.05) is 40.5 Å². The van der Waals surface area contributed by atoms with Crippen LogP contribution in [-0.4, -0.2) is 56.3 Å². The molecule has 1 aromatic rings. The number of methoxy groups -OCH3 is 1. The third-order valence-electron chi connectivity index (χ3n) is 5.42. The summed E-state index contributed by atoms with van der Waals surface area (Å²) in [5.74, 6) is 1.07. The molecule has 3 rings (SSSR count). The second-order valence-electron chi connectivity index (χ2n) is 7.04. The summed E-state index contributed by atoms with van der Waals surface area (Å²) in [7, 11) is 3.50. The van der Waals surface area contributed by atoms with Gasteiger partial charge in [-0.3, -0.25) is 4.79 Å². The van der Waals surface area contributed by atoms with E-state index < -0.39 is 0 Å². The predicted octanol–water partition coefficient (Wildman–Crippen LogP) is 1.29. The first-order valence-electron chi connectivity index (χ1n) is 8.53. The summed E-state index contributed by atoms with van der Waals surface area (Å²) < 4.78 is 11.0. The van der Waals surface area contributed by atoms with E-state index in [1.54, 1.807) is 7.11 Å². The molecule has 3 heterocycles. The summed E-state index contributed by atoms with van der Waals surface area (Å²) >= 11 is 0. The number of nitrogens with one attached hydrogen (secondary N) is 1. The van der Waals surface area contributed by atoms with Crippen LogP contribution in [-0.2, 0) is 16.1 Å². The molecule has 0 spiro atoms. The van der Waals surface area contributed by atoms with E-state index in [0.29, 0.717) is 25.6 Å². The lowest BCUT2D eigenvalue weighted by Gasteiger charge is -2.39. The second-order valence-corrected chi connectivity index (χ2v) is 7.04. The number of hydrogen-bond donors (Lipinski definition) is 1. The lowest BCUT2D eigenvalue weighted by Crippen LogP contribution is -2.50. The Kier molecular flexibility index (Phi) is 4.78. The van der Waals surface area contributed by atoms with Crippen molar-refractivity contribution in [2.24, 2.45) is 11.3 Å². The normalized spacial score (nSPS) is 26.1. The van der Waals surface area contributed by atoms with Gasteiger partial charge in [0, 0.05) is 43.9 Å². The van der Waals surface area contributed by atoms with Gasteiger partial charge < -0.3 is 19.7 Å². The number of pyridine rings is 1. The van der Waals surface area contributed by atoms with Gasteiger partial charge in [0.05, 0.1) is 25.7 Å². The van der Waals surface area contributed by atoms with E-state index >= 15 is 0 Å². The highest BCUT2D eigenvalue weighted by atomic mass is 16.5. The van der Waals surface area contributed by atoms with E-state index in [9.17, 15) is 4.79 Å². The number of nitrogens with zero attached hydrogens (tertiary/aromatic N) is 2. The lowest BCUT2D eigenvalue weighted by molar-refractivity contribution is -0.149. The Morgan fingerprint density at radius 2 is 2.33 bits per heavy atom. The summed E-state index contributed by atoms with van der Waals surface area (Å²) in [5, 5.41) is 3.38. The van der Waals surface area contributed by atoms with Crippen LogP contribution < -0.4 is 10.1 Å². The first-order chi connectivity index (χ1) is 11.5. The van der Waals surface area contributed by atoms with Crippen molar-refractivity contribution < 1.29 is 14.3 Å². The second kappa shape index (κ2) is 6.69. The van der Waals surface area contributed by atoms with Crippen LogP contribution in [0.2, 0.25) is 0 Å². The van der Waals surface area contributed by atoms with E-state index in [1.807, 2.05) is 31.9 Å². The van der Waals surface area contributed by atoms with Crippen molar-refractivity contribution in [3.05, 3.63) is 22.9 Å². The molecule has 2 aliphatic heterocycles. The number of amides is 1. The maximum Gasteiger partial charge on any atom is 0.230 e. The zero-order valence-electron chi connectivity index (χ0n) is 15.0. The Labute approximate surface area is 143 Å². The van der Waals surface area contributed by atoms with Gasteiger partial charge in [-0.25, -0.2) is 4.98 Å². The Hall–Kier alpha value is -1.66. The average Bonchev–Trinajstić information content (AvgIpc) is 3.01. The van der Waals surface area contributed by atoms with Crippen molar-refractivity contribution >= 4 is 5.91 Å². The molecule has 6 nitrogen and oxygen atoms in total. The monoisotopic (exact) mass is 333 g/mol. The Morgan fingerprint density at radius 1 is 1.54 bits per heavy atom. The van der Waals surface area contributed by atoms with Crippen molar-refractivity contribution in [3.63, 3.8) is 0 Å². The van der Waals surface area contributed by atoms with Crippen LogP contribution in [0.15, 0.2) is 6.07 Å². The van der Waals surface area contributed by atoms with Crippen LogP contribution in [0.5, 0.6) is 5.88 Å². The minimum atomic E-state index is -0.327. The molecule has 1 amide bonds. The molecule has 0 saturated carbocycles. The summed E-state index contributed by atoms with van der Waals surface area (Å²) in [6.07, 6.45) is 0.788. The van der Waals surface area contributed by atoms with Crippen molar-refractivity contribution in [3.8, 4) is 5.88 Å². The van der Waals surface area contributed by atoms with Crippen molar-refractivity contribution in [2.45, 2.75) is 26.8 Å². The van der Waals surface area contributed by atoms with Crippen LogP contribution in [0, 0.1) is 25.2 Å². The minimum Gasteiger partial charge on any atom is -0.481 e. The molecule has 2 aliphatic rings. The number of fused-ring (bicyclic) bond motifs is 1. The molecule has 0 bridgehead atoms. The molecule has 1 N–H and O–H groups in total. The Balaban J connectivity index is 1.82. The molecule has 0 aromatic carbocycles. The fourth-order valence-corrected chi connectivity index (χ4v) is 4.04. The number of rotatable bonds is 4. The van der Waals surface area contributed by atoms with Gasteiger partial charge in [0.1, 0.15) is 0 Å². The lowest BCUT2D eigenvalue weighted by atomic mass is 9.73. The summed E-state index contributed by atoms with van der Waals surface area (Å²) in [6, 6.07) is 2.03. The van der Waals surface area contributed by atoms with Gasteiger partial charge in [-0.15, -0.1) is 0 Å². The zero-order valence-corrected chi connectivity index (χ0v) is 15.0. The van der Waals surface area contributed by atoms with E-state index in [2.05, 4.69) is 10.3 Å². The van der Waals surface area contributed by atoms with Gasteiger partial charge in [0.25, 0.3) is 0 Å². The number of carbonyl (C=O) groups excluding carboxylic acids is 1. The third kappa shape index (κ3) is 2.89. The highest BCUT2D eigenvalue weighted by molar-refractivity contribution is 5.84. The highest BCUT2D eigenvalue weighted by Crippen LogP contribution is 2.40. The van der Waals surface area contributed by atoms with Gasteiger partial charge in [-0.2, -0.15) is 0 Å². The summed E-state index contributed by atoms with van der Waals surface area (Å²) in [5.41, 5.74) is 2.67. The van der Waals surface area contributed by atoms with E-state index in [-0.39, 0.29) is 17.2 Å². The molecule has 24 heavy (non-hydrogen) atoms. The van der Waals surface area contributed by atoms with Crippen LogP contribution in [0.4, 0.5) is 0 Å². The smallest absolute Gasteiger partial charge is 0.230 e. The molecular formula is C18H27N3O3. The first-order valence-corrected chi connectivity index (χ1v) is 8.53. The summed E-state index contributed by atoms with van der Waals surface area (Å²) in [6.45, 7) is 7.42. The van der Waals surface area contributed by atoms with Gasteiger partial charge in [-0.05, 0) is 31.9 Å². The average molecular weight is 333 g/mol. The number of hydrogen-bond acceptors (Lipinski definition) is 5. The fraction of sp³-hybridized carbons (Fsp3) is 0.667. The Bertz CT molecular complexity index is 634. The van der Waals surface area contributed by atoms with Crippen LogP contribution >= 0.6 is 0 Å². The van der Waals surface area contributed by atoms with E-state index in [1.165, 1.54) is 0 Å². The van der Waals surface area contributed by atoms with E-state index in [4.69, 9.17) is 9.47 Å². The molecule has 0 radical (unpaired) electrons. The fourth-order valence-electron chi connectivity index (χ4n) is 4.04. The van der Waals surface area contributed by atoms with Gasteiger partial charge >= 0.3 is 0 Å². The van der Waals surface area contributed by atoms with Crippen LogP contribution in [0.1, 0.15) is 23.2 Å². The largest absolute Gasteiger partial charge is 0.481 e. The summed E-state index contributed by atoms with van der Waals surface area (Å²) in [4.78, 5) is 19.5. The quantitative estimate of drug-likeness (QED) is 0.900. The number of carbonyl (C=O) groups is 1. The Morgan fingerprint density at radius 3 is 3.08 bits per heavy atom. The minimum absolute atomic E-state index is 0.197. The SMILES string of the molecule is COc1nc(C)cc(C)c1CN(C)C(=O)[C@@]12CCOC[C@@H]1CNC2. The van der Waals surface area contributed by atoms with Gasteiger partial charge in [0.15, 0.2) is 0 Å². The number of aryl methyl sites for hydroxylation is 2. The van der Waals surface area contributed by atoms with Crippen molar-refractivity contribution in [1.82, 2.24) is 15.2 Å². The molecule has 6 heteroatoms. The first kappa shape index (κ1) is 17.2. The molecule has 0 aliphatic carbocycles. The standard InChI is InChI=1S/C18H27N3O3/c1-12-7-13(2)20-16(23-4)15(12)9-21(3)17(22)18-5-6-24-10-14(18)8-19-11-18/h7,14,19H,5-6,8-11H2,1-4H3/t14-,18+/m0/s1. The van der Waals surface area contributed by atoms with E-state index in [0.717, 1.165) is 36.3 Å². The molecule has 2 atom stereocenters. The molecule has 1 aromatic heterocycles. The molecular weight excluding hydrogens is 306 g/mol. The number of ether oxygens (including phenoxy) is 2. The highest BCUT2D eigenvalue weighted by Gasteiger charge is 2.51. The third-order valence-corrected chi connectivity index (χ3v) is 5.42. The van der Waals surface area contributed by atoms with Gasteiger partial charge in [0.2, 0.25) is 11.8 Å². The molecule has 2 fully saturated rings. The van der Waals surface area contributed by atoms with Crippen LogP contribution in [0.3, 0.4) is 0 Å². The number of aromatic nitrogens is 1. The molecule has 0 unspecified atom stereocenters. The van der Waals surface area contributed by atoms with Crippen molar-refractivity contribution in [1.29, 1.82) is 0 Å². The molecule has 132 valence electrons. The topological polar surface area (TPSA) is 63.7 Å².